The fourth-order valence-electron chi connectivity index (χ4n) is 4.33. The second-order valence-corrected chi connectivity index (χ2v) is 8.24. The van der Waals surface area contributed by atoms with Crippen LogP contribution in [0.5, 0.6) is 0 Å². The van der Waals surface area contributed by atoms with Crippen LogP contribution in [0.2, 0.25) is 0 Å². The lowest BCUT2D eigenvalue weighted by Crippen LogP contribution is -2.45. The van der Waals surface area contributed by atoms with Crippen LogP contribution < -0.4 is 5.56 Å². The lowest BCUT2D eigenvalue weighted by Gasteiger charge is -2.35. The predicted octanol–water partition coefficient (Wildman–Crippen LogP) is 2.89. The summed E-state index contributed by atoms with van der Waals surface area (Å²) in [5, 5.41) is 6.01. The summed E-state index contributed by atoms with van der Waals surface area (Å²) in [4.78, 5) is 32.0. The average Bonchev–Trinajstić information content (AvgIpc) is 2.71. The Morgan fingerprint density at radius 2 is 1.79 bits per heavy atom. The minimum absolute atomic E-state index is 0.0247. The van der Waals surface area contributed by atoms with E-state index >= 15 is 0 Å². The number of amides is 1. The third kappa shape index (κ3) is 4.21. The number of fused-ring (bicyclic) bond motifs is 1. The minimum atomic E-state index is -0.220. The van der Waals surface area contributed by atoms with Crippen LogP contribution in [0.4, 0.5) is 0 Å². The zero-order valence-electron chi connectivity index (χ0n) is 16.9. The summed E-state index contributed by atoms with van der Waals surface area (Å²) in [6.07, 6.45) is 5.22. The van der Waals surface area contributed by atoms with Gasteiger partial charge in [0.25, 0.3) is 5.56 Å². The van der Waals surface area contributed by atoms with Crippen LogP contribution in [-0.4, -0.2) is 38.7 Å². The van der Waals surface area contributed by atoms with Gasteiger partial charge in [-0.2, -0.15) is 5.10 Å². The molecule has 1 fully saturated rings. The van der Waals surface area contributed by atoms with Gasteiger partial charge < -0.3 is 4.90 Å². The third-order valence-electron chi connectivity index (χ3n) is 5.55. The Bertz CT molecular complexity index is 1070. The molecule has 1 amide bonds. The molecule has 0 spiro atoms. The molecule has 3 aromatic rings. The van der Waals surface area contributed by atoms with E-state index in [1.54, 1.807) is 18.5 Å². The molecule has 6 heteroatoms. The van der Waals surface area contributed by atoms with E-state index in [0.29, 0.717) is 23.6 Å². The standard InChI is InChI=1S/C23H26N4O2/c1-16-10-17(2)14-26(13-16)22(28)15-27-23(29)20-8-4-3-7-19(20)21(25-27)11-18-6-5-9-24-12-18/h3-9,12,16-17H,10-11,13-15H2,1-2H3. The van der Waals surface area contributed by atoms with E-state index in [4.69, 9.17) is 0 Å². The van der Waals surface area contributed by atoms with Gasteiger partial charge in [-0.1, -0.05) is 38.1 Å². The van der Waals surface area contributed by atoms with Gasteiger partial charge in [0.1, 0.15) is 6.54 Å². The van der Waals surface area contributed by atoms with Gasteiger partial charge >= 0.3 is 0 Å². The second kappa shape index (κ2) is 8.15. The molecule has 0 N–H and O–H groups in total. The molecule has 1 aliphatic rings. The first-order chi connectivity index (χ1) is 14.0. The number of rotatable bonds is 4. The maximum Gasteiger partial charge on any atom is 0.275 e. The summed E-state index contributed by atoms with van der Waals surface area (Å²) in [6, 6.07) is 11.3. The molecule has 4 rings (SSSR count). The van der Waals surface area contributed by atoms with E-state index in [-0.39, 0.29) is 18.0 Å². The lowest BCUT2D eigenvalue weighted by molar-refractivity contribution is -0.134. The molecule has 29 heavy (non-hydrogen) atoms. The number of pyridine rings is 1. The Morgan fingerprint density at radius 3 is 2.48 bits per heavy atom. The molecule has 0 aliphatic carbocycles. The summed E-state index contributed by atoms with van der Waals surface area (Å²) < 4.78 is 1.33. The molecule has 2 atom stereocenters. The fraction of sp³-hybridized carbons (Fsp3) is 0.391. The Morgan fingerprint density at radius 1 is 1.07 bits per heavy atom. The number of aromatic nitrogens is 3. The molecular formula is C23H26N4O2. The highest BCUT2D eigenvalue weighted by Gasteiger charge is 2.26. The SMILES string of the molecule is CC1CC(C)CN(C(=O)Cn2nc(Cc3cccnc3)c3ccccc3c2=O)C1. The highest BCUT2D eigenvalue weighted by atomic mass is 16.2. The molecule has 1 aromatic carbocycles. The number of benzene rings is 1. The van der Waals surface area contributed by atoms with Crippen molar-refractivity contribution in [3.63, 3.8) is 0 Å². The van der Waals surface area contributed by atoms with Crippen molar-refractivity contribution in [2.45, 2.75) is 33.2 Å². The van der Waals surface area contributed by atoms with Crippen LogP contribution in [0.1, 0.15) is 31.5 Å². The summed E-state index contributed by atoms with van der Waals surface area (Å²) in [5.41, 5.74) is 1.57. The topological polar surface area (TPSA) is 68.1 Å². The van der Waals surface area contributed by atoms with Crippen molar-refractivity contribution in [3.8, 4) is 0 Å². The van der Waals surface area contributed by atoms with Crippen molar-refractivity contribution < 1.29 is 4.79 Å². The number of nitrogens with zero attached hydrogens (tertiary/aromatic N) is 4. The van der Waals surface area contributed by atoms with Crippen molar-refractivity contribution in [2.75, 3.05) is 13.1 Å². The van der Waals surface area contributed by atoms with Gasteiger partial charge in [-0.05, 0) is 36.0 Å². The minimum Gasteiger partial charge on any atom is -0.341 e. The smallest absolute Gasteiger partial charge is 0.275 e. The van der Waals surface area contributed by atoms with Gasteiger partial charge in [-0.25, -0.2) is 4.68 Å². The molecule has 3 heterocycles. The molecule has 6 nitrogen and oxygen atoms in total. The van der Waals surface area contributed by atoms with Gasteiger partial charge in [0.2, 0.25) is 5.91 Å². The normalized spacial score (nSPS) is 19.4. The Balaban J connectivity index is 1.68. The van der Waals surface area contributed by atoms with E-state index in [9.17, 15) is 9.59 Å². The van der Waals surface area contributed by atoms with Gasteiger partial charge in [0.15, 0.2) is 0 Å². The van der Waals surface area contributed by atoms with Gasteiger partial charge in [-0.15, -0.1) is 0 Å². The number of likely N-dealkylation sites (tertiary alicyclic amines) is 1. The van der Waals surface area contributed by atoms with Crippen LogP contribution >= 0.6 is 0 Å². The molecule has 1 aliphatic heterocycles. The summed E-state index contributed by atoms with van der Waals surface area (Å²) in [5.74, 6) is 0.913. The molecule has 0 saturated carbocycles. The average molecular weight is 390 g/mol. The van der Waals surface area contributed by atoms with E-state index < -0.39 is 0 Å². The van der Waals surface area contributed by atoms with E-state index in [1.165, 1.54) is 4.68 Å². The Kier molecular flexibility index (Phi) is 5.43. The first kappa shape index (κ1) is 19.3. The van der Waals surface area contributed by atoms with E-state index in [2.05, 4.69) is 23.9 Å². The summed E-state index contributed by atoms with van der Waals surface area (Å²) >= 11 is 0. The summed E-state index contributed by atoms with van der Waals surface area (Å²) in [7, 11) is 0. The van der Waals surface area contributed by atoms with Crippen LogP contribution in [0.25, 0.3) is 10.8 Å². The van der Waals surface area contributed by atoms with E-state index in [1.807, 2.05) is 35.2 Å². The van der Waals surface area contributed by atoms with Crippen molar-refractivity contribution in [1.29, 1.82) is 0 Å². The molecule has 0 bridgehead atoms. The Hall–Kier alpha value is -3.02. The predicted molar refractivity (Wildman–Crippen MR) is 113 cm³/mol. The first-order valence-corrected chi connectivity index (χ1v) is 10.2. The van der Waals surface area contributed by atoms with Gasteiger partial charge in [0.05, 0.1) is 11.1 Å². The number of carbonyl (C=O) groups excluding carboxylic acids is 1. The zero-order chi connectivity index (χ0) is 20.4. The number of piperidine rings is 1. The maximum absolute atomic E-state index is 13.0. The van der Waals surface area contributed by atoms with Crippen LogP contribution in [0.15, 0.2) is 53.6 Å². The zero-order valence-corrected chi connectivity index (χ0v) is 16.9. The number of hydrogen-bond acceptors (Lipinski definition) is 4. The largest absolute Gasteiger partial charge is 0.341 e. The highest BCUT2D eigenvalue weighted by Crippen LogP contribution is 2.21. The Labute approximate surface area is 170 Å². The van der Waals surface area contributed by atoms with Crippen molar-refractivity contribution in [1.82, 2.24) is 19.7 Å². The molecule has 1 saturated heterocycles. The molecule has 0 radical (unpaired) electrons. The first-order valence-electron chi connectivity index (χ1n) is 10.2. The highest BCUT2D eigenvalue weighted by molar-refractivity contribution is 5.84. The lowest BCUT2D eigenvalue weighted by atomic mass is 9.92. The van der Waals surface area contributed by atoms with Crippen LogP contribution in [0.3, 0.4) is 0 Å². The quantitative estimate of drug-likeness (QED) is 0.687. The molecule has 150 valence electrons. The van der Waals surface area contributed by atoms with Gasteiger partial charge in [-0.3, -0.25) is 14.6 Å². The van der Waals surface area contributed by atoms with Crippen molar-refractivity contribution in [2.24, 2.45) is 11.8 Å². The van der Waals surface area contributed by atoms with E-state index in [0.717, 1.165) is 36.2 Å². The number of hydrogen-bond donors (Lipinski definition) is 0. The number of carbonyl (C=O) groups is 1. The molecular weight excluding hydrogens is 364 g/mol. The monoisotopic (exact) mass is 390 g/mol. The van der Waals surface area contributed by atoms with Crippen molar-refractivity contribution >= 4 is 16.7 Å². The second-order valence-electron chi connectivity index (χ2n) is 8.24. The van der Waals surface area contributed by atoms with Crippen LogP contribution in [0, 0.1) is 11.8 Å². The maximum atomic E-state index is 13.0. The molecule has 2 unspecified atom stereocenters. The van der Waals surface area contributed by atoms with Crippen LogP contribution in [-0.2, 0) is 17.8 Å². The molecule has 2 aromatic heterocycles. The fourth-order valence-corrected chi connectivity index (χ4v) is 4.33. The van der Waals surface area contributed by atoms with Gasteiger partial charge in [0, 0.05) is 37.3 Å². The third-order valence-corrected chi connectivity index (χ3v) is 5.55. The van der Waals surface area contributed by atoms with Crippen molar-refractivity contribution in [3.05, 3.63) is 70.4 Å². The summed E-state index contributed by atoms with van der Waals surface area (Å²) in [6.45, 7) is 5.80.